The fourth-order valence-corrected chi connectivity index (χ4v) is 2.25. The van der Waals surface area contributed by atoms with Crippen molar-refractivity contribution >= 4 is 12.0 Å². The first-order valence-electron chi connectivity index (χ1n) is 6.84. The number of rotatable bonds is 1. The third kappa shape index (κ3) is 3.59. The van der Waals surface area contributed by atoms with Crippen LogP contribution in [0.15, 0.2) is 0 Å². The van der Waals surface area contributed by atoms with E-state index in [0.717, 1.165) is 26.2 Å². The number of nitrogens with one attached hydrogen (secondary N) is 1. The maximum absolute atomic E-state index is 12.2. The molecule has 0 aromatic rings. The summed E-state index contributed by atoms with van der Waals surface area (Å²) in [6.07, 6.45) is -0.322. The molecule has 19 heavy (non-hydrogen) atoms. The lowest BCUT2D eigenvalue weighted by Crippen LogP contribution is -2.59. The molecule has 0 bridgehead atoms. The van der Waals surface area contributed by atoms with Gasteiger partial charge in [0.1, 0.15) is 5.60 Å². The number of likely N-dealkylation sites (tertiary alicyclic amines) is 1. The van der Waals surface area contributed by atoms with Gasteiger partial charge in [-0.2, -0.15) is 0 Å². The zero-order chi connectivity index (χ0) is 14.0. The fraction of sp³-hybridized carbons (Fsp3) is 0.846. The zero-order valence-electron chi connectivity index (χ0n) is 11.9. The highest BCUT2D eigenvalue weighted by Crippen LogP contribution is 2.21. The first-order valence-corrected chi connectivity index (χ1v) is 6.84. The monoisotopic (exact) mass is 269 g/mol. The van der Waals surface area contributed by atoms with Gasteiger partial charge in [-0.15, -0.1) is 0 Å². The van der Waals surface area contributed by atoms with Crippen molar-refractivity contribution in [3.63, 3.8) is 0 Å². The van der Waals surface area contributed by atoms with Gasteiger partial charge in [0.2, 0.25) is 5.91 Å². The van der Waals surface area contributed by atoms with E-state index in [1.54, 1.807) is 4.90 Å². The molecule has 108 valence electrons. The largest absolute Gasteiger partial charge is 0.444 e. The molecule has 0 aromatic heterocycles. The Morgan fingerprint density at radius 2 is 1.68 bits per heavy atom. The molecule has 2 aliphatic rings. The summed E-state index contributed by atoms with van der Waals surface area (Å²) in [5.41, 5.74) is -0.481. The van der Waals surface area contributed by atoms with Crippen LogP contribution in [0, 0.1) is 5.92 Å². The second-order valence-corrected chi connectivity index (χ2v) is 6.16. The lowest BCUT2D eigenvalue weighted by Gasteiger charge is -2.41. The molecule has 6 nitrogen and oxygen atoms in total. The Labute approximate surface area is 114 Å². The molecule has 0 atom stereocenters. The van der Waals surface area contributed by atoms with Crippen LogP contribution in [0.5, 0.6) is 0 Å². The number of carbonyl (C=O) groups excluding carboxylic acids is 2. The second kappa shape index (κ2) is 5.36. The van der Waals surface area contributed by atoms with E-state index >= 15 is 0 Å². The number of carbonyl (C=O) groups is 2. The van der Waals surface area contributed by atoms with E-state index in [4.69, 9.17) is 4.74 Å². The number of amides is 2. The van der Waals surface area contributed by atoms with Crippen LogP contribution in [-0.2, 0) is 9.53 Å². The molecule has 2 aliphatic heterocycles. The summed E-state index contributed by atoms with van der Waals surface area (Å²) in [6.45, 7) is 9.73. The predicted molar refractivity (Wildman–Crippen MR) is 70.7 cm³/mol. The van der Waals surface area contributed by atoms with Gasteiger partial charge in [-0.05, 0) is 20.8 Å². The Bertz CT molecular complexity index is 353. The molecular weight excluding hydrogens is 246 g/mol. The molecule has 2 amide bonds. The summed E-state index contributed by atoms with van der Waals surface area (Å²) >= 11 is 0. The molecule has 2 heterocycles. The number of ether oxygens (including phenoxy) is 1. The maximum Gasteiger partial charge on any atom is 0.410 e. The minimum absolute atomic E-state index is 0.0504. The SMILES string of the molecule is CC(C)(C)OC(=O)N1CC(C(=O)N2CCNCC2)C1. The maximum atomic E-state index is 12.2. The first-order chi connectivity index (χ1) is 8.87. The highest BCUT2D eigenvalue weighted by molar-refractivity contribution is 5.82. The summed E-state index contributed by atoms with van der Waals surface area (Å²) in [5, 5.41) is 3.22. The Morgan fingerprint density at radius 1 is 1.11 bits per heavy atom. The summed E-state index contributed by atoms with van der Waals surface area (Å²) in [7, 11) is 0. The van der Waals surface area contributed by atoms with Crippen LogP contribution in [0.3, 0.4) is 0 Å². The van der Waals surface area contributed by atoms with E-state index in [-0.39, 0.29) is 17.9 Å². The number of nitrogens with zero attached hydrogens (tertiary/aromatic N) is 2. The van der Waals surface area contributed by atoms with E-state index in [2.05, 4.69) is 5.32 Å². The van der Waals surface area contributed by atoms with Crippen LogP contribution in [0.25, 0.3) is 0 Å². The molecule has 6 heteroatoms. The molecule has 2 fully saturated rings. The van der Waals surface area contributed by atoms with Crippen LogP contribution in [-0.4, -0.2) is 66.7 Å². The highest BCUT2D eigenvalue weighted by Gasteiger charge is 2.39. The minimum Gasteiger partial charge on any atom is -0.444 e. The summed E-state index contributed by atoms with van der Waals surface area (Å²) < 4.78 is 5.27. The van der Waals surface area contributed by atoms with Crippen molar-refractivity contribution in [1.82, 2.24) is 15.1 Å². The molecule has 0 aliphatic carbocycles. The van der Waals surface area contributed by atoms with Crippen molar-refractivity contribution in [3.05, 3.63) is 0 Å². The van der Waals surface area contributed by atoms with Gasteiger partial charge in [-0.3, -0.25) is 4.79 Å². The van der Waals surface area contributed by atoms with Crippen LogP contribution in [0.4, 0.5) is 4.79 Å². The molecule has 1 N–H and O–H groups in total. The number of hydrogen-bond acceptors (Lipinski definition) is 4. The quantitative estimate of drug-likeness (QED) is 0.743. The van der Waals surface area contributed by atoms with Crippen molar-refractivity contribution in [1.29, 1.82) is 0 Å². The molecule has 0 saturated carbocycles. The summed E-state index contributed by atoms with van der Waals surface area (Å²) in [5.74, 6) is 0.118. The highest BCUT2D eigenvalue weighted by atomic mass is 16.6. The van der Waals surface area contributed by atoms with E-state index < -0.39 is 5.60 Å². The van der Waals surface area contributed by atoms with E-state index in [0.29, 0.717) is 13.1 Å². The Balaban J connectivity index is 1.76. The minimum atomic E-state index is -0.481. The molecule has 2 saturated heterocycles. The van der Waals surface area contributed by atoms with Gasteiger partial charge < -0.3 is 19.9 Å². The van der Waals surface area contributed by atoms with Crippen molar-refractivity contribution in [3.8, 4) is 0 Å². The van der Waals surface area contributed by atoms with E-state index in [9.17, 15) is 9.59 Å². The Morgan fingerprint density at radius 3 is 2.21 bits per heavy atom. The van der Waals surface area contributed by atoms with Crippen LogP contribution >= 0.6 is 0 Å². The van der Waals surface area contributed by atoms with Crippen molar-refractivity contribution in [2.75, 3.05) is 39.3 Å². The molecule has 2 rings (SSSR count). The molecule has 0 aromatic carbocycles. The van der Waals surface area contributed by atoms with Gasteiger partial charge in [0, 0.05) is 39.3 Å². The average Bonchev–Trinajstić information content (AvgIpc) is 2.25. The van der Waals surface area contributed by atoms with Gasteiger partial charge in [-0.1, -0.05) is 0 Å². The topological polar surface area (TPSA) is 61.9 Å². The third-order valence-electron chi connectivity index (χ3n) is 3.31. The van der Waals surface area contributed by atoms with Gasteiger partial charge in [0.25, 0.3) is 0 Å². The predicted octanol–water partition coefficient (Wildman–Crippen LogP) is 0.285. The third-order valence-corrected chi connectivity index (χ3v) is 3.31. The number of hydrogen-bond donors (Lipinski definition) is 1. The Hall–Kier alpha value is -1.30. The first kappa shape index (κ1) is 14.1. The fourth-order valence-electron chi connectivity index (χ4n) is 2.25. The van der Waals surface area contributed by atoms with E-state index in [1.165, 1.54) is 0 Å². The average molecular weight is 269 g/mol. The molecular formula is C13H23N3O3. The standard InChI is InChI=1S/C13H23N3O3/c1-13(2,3)19-12(18)16-8-10(9-16)11(17)15-6-4-14-5-7-15/h10,14H,4-9H2,1-3H3. The second-order valence-electron chi connectivity index (χ2n) is 6.16. The van der Waals surface area contributed by atoms with Crippen molar-refractivity contribution in [2.45, 2.75) is 26.4 Å². The lowest BCUT2D eigenvalue weighted by molar-refractivity contribution is -0.141. The van der Waals surface area contributed by atoms with Gasteiger partial charge in [0.15, 0.2) is 0 Å². The van der Waals surface area contributed by atoms with Crippen molar-refractivity contribution < 1.29 is 14.3 Å². The van der Waals surface area contributed by atoms with Crippen LogP contribution in [0.1, 0.15) is 20.8 Å². The summed E-state index contributed by atoms with van der Waals surface area (Å²) in [6, 6.07) is 0. The summed E-state index contributed by atoms with van der Waals surface area (Å²) in [4.78, 5) is 27.4. The normalized spacial score (nSPS) is 21.0. The van der Waals surface area contributed by atoms with Gasteiger partial charge >= 0.3 is 6.09 Å². The number of piperazine rings is 1. The molecule has 0 unspecified atom stereocenters. The van der Waals surface area contributed by atoms with Crippen LogP contribution in [0.2, 0.25) is 0 Å². The van der Waals surface area contributed by atoms with Gasteiger partial charge in [0.05, 0.1) is 5.92 Å². The Kier molecular flexibility index (Phi) is 3.99. The molecule has 0 spiro atoms. The zero-order valence-corrected chi connectivity index (χ0v) is 11.9. The van der Waals surface area contributed by atoms with Crippen molar-refractivity contribution in [2.24, 2.45) is 5.92 Å². The van der Waals surface area contributed by atoms with E-state index in [1.807, 2.05) is 25.7 Å². The molecule has 0 radical (unpaired) electrons. The smallest absolute Gasteiger partial charge is 0.410 e. The van der Waals surface area contributed by atoms with Crippen LogP contribution < -0.4 is 5.32 Å². The lowest BCUT2D eigenvalue weighted by atomic mass is 9.99. The van der Waals surface area contributed by atoms with Gasteiger partial charge in [-0.25, -0.2) is 4.79 Å².